The summed E-state index contributed by atoms with van der Waals surface area (Å²) in [5.74, 6) is 4.16. The van der Waals surface area contributed by atoms with E-state index in [-0.39, 0.29) is 0 Å². The van der Waals surface area contributed by atoms with Gasteiger partial charge in [0.15, 0.2) is 0 Å². The quantitative estimate of drug-likeness (QED) is 0.916. The zero-order valence-corrected chi connectivity index (χ0v) is 12.7. The lowest BCUT2D eigenvalue weighted by Crippen LogP contribution is -2.59. The molecule has 0 amide bonds. The van der Waals surface area contributed by atoms with Crippen LogP contribution in [0.2, 0.25) is 0 Å². The third kappa shape index (κ3) is 2.11. The van der Waals surface area contributed by atoms with Gasteiger partial charge in [-0.05, 0) is 67.9 Å². The standard InChI is InChI=1S/C19H25NO/c1-2-4-18-16(3-1)8-17(21-18)12-20-19-9-13-5-14(10-19)7-15(6-13)11-19/h1-4,13-15,17,20H,5-12H2. The molecule has 1 unspecified atom stereocenters. The van der Waals surface area contributed by atoms with Crippen LogP contribution in [0.3, 0.4) is 0 Å². The van der Waals surface area contributed by atoms with Crippen LogP contribution in [-0.4, -0.2) is 18.2 Å². The molecule has 1 heterocycles. The van der Waals surface area contributed by atoms with Gasteiger partial charge < -0.3 is 10.1 Å². The van der Waals surface area contributed by atoms with E-state index in [2.05, 4.69) is 29.6 Å². The number of rotatable bonds is 3. The highest BCUT2D eigenvalue weighted by Crippen LogP contribution is 2.55. The van der Waals surface area contributed by atoms with E-state index in [0.717, 1.165) is 36.5 Å². The van der Waals surface area contributed by atoms with Crippen molar-refractivity contribution in [1.82, 2.24) is 5.32 Å². The summed E-state index contributed by atoms with van der Waals surface area (Å²) in [6.07, 6.45) is 10.3. The molecule has 1 atom stereocenters. The first kappa shape index (κ1) is 12.5. The number of nitrogens with one attached hydrogen (secondary N) is 1. The fourth-order valence-electron chi connectivity index (χ4n) is 6.03. The van der Waals surface area contributed by atoms with E-state index >= 15 is 0 Å². The molecule has 0 radical (unpaired) electrons. The molecule has 0 spiro atoms. The Balaban J connectivity index is 1.26. The highest BCUT2D eigenvalue weighted by atomic mass is 16.5. The largest absolute Gasteiger partial charge is 0.488 e. The van der Waals surface area contributed by atoms with E-state index in [1.54, 1.807) is 0 Å². The van der Waals surface area contributed by atoms with Gasteiger partial charge in [-0.3, -0.25) is 0 Å². The number of hydrogen-bond acceptors (Lipinski definition) is 2. The first-order chi connectivity index (χ1) is 10.3. The van der Waals surface area contributed by atoms with Gasteiger partial charge in [0.2, 0.25) is 0 Å². The molecule has 2 nitrogen and oxygen atoms in total. The van der Waals surface area contributed by atoms with Crippen LogP contribution < -0.4 is 10.1 Å². The Labute approximate surface area is 127 Å². The van der Waals surface area contributed by atoms with Gasteiger partial charge in [0.05, 0.1) is 0 Å². The van der Waals surface area contributed by atoms with Crippen LogP contribution in [-0.2, 0) is 6.42 Å². The minimum Gasteiger partial charge on any atom is -0.488 e. The van der Waals surface area contributed by atoms with Gasteiger partial charge in [0.1, 0.15) is 11.9 Å². The van der Waals surface area contributed by atoms with Gasteiger partial charge in [-0.15, -0.1) is 0 Å². The predicted octanol–water partition coefficient (Wildman–Crippen LogP) is 3.55. The van der Waals surface area contributed by atoms with Gasteiger partial charge in [-0.1, -0.05) is 18.2 Å². The lowest BCUT2D eigenvalue weighted by Gasteiger charge is -2.57. The van der Waals surface area contributed by atoms with Crippen LogP contribution in [0.1, 0.15) is 44.1 Å². The highest BCUT2D eigenvalue weighted by Gasteiger charge is 2.50. The van der Waals surface area contributed by atoms with E-state index < -0.39 is 0 Å². The van der Waals surface area contributed by atoms with Crippen molar-refractivity contribution in [3.8, 4) is 5.75 Å². The van der Waals surface area contributed by atoms with Crippen LogP contribution in [0, 0.1) is 17.8 Å². The van der Waals surface area contributed by atoms with E-state index in [1.807, 2.05) is 0 Å². The molecule has 21 heavy (non-hydrogen) atoms. The van der Waals surface area contributed by atoms with Gasteiger partial charge in [0.25, 0.3) is 0 Å². The first-order valence-corrected chi connectivity index (χ1v) is 8.78. The van der Waals surface area contributed by atoms with Crippen molar-refractivity contribution in [3.05, 3.63) is 29.8 Å². The predicted molar refractivity (Wildman–Crippen MR) is 83.5 cm³/mol. The van der Waals surface area contributed by atoms with E-state index in [4.69, 9.17) is 4.74 Å². The van der Waals surface area contributed by atoms with Crippen molar-refractivity contribution >= 4 is 0 Å². The molecule has 5 aliphatic rings. The maximum Gasteiger partial charge on any atom is 0.123 e. The zero-order chi connectivity index (χ0) is 13.9. The Morgan fingerprint density at radius 3 is 2.33 bits per heavy atom. The molecule has 1 N–H and O–H groups in total. The summed E-state index contributed by atoms with van der Waals surface area (Å²) >= 11 is 0. The van der Waals surface area contributed by atoms with Crippen molar-refractivity contribution in [2.75, 3.05) is 6.54 Å². The fraction of sp³-hybridized carbons (Fsp3) is 0.684. The number of hydrogen-bond donors (Lipinski definition) is 1. The smallest absolute Gasteiger partial charge is 0.123 e. The number of benzene rings is 1. The van der Waals surface area contributed by atoms with E-state index in [1.165, 1.54) is 44.1 Å². The Bertz CT molecular complexity index is 492. The average molecular weight is 283 g/mol. The van der Waals surface area contributed by atoms with Crippen molar-refractivity contribution in [1.29, 1.82) is 0 Å². The van der Waals surface area contributed by atoms with Crippen molar-refractivity contribution in [3.63, 3.8) is 0 Å². The van der Waals surface area contributed by atoms with E-state index in [0.29, 0.717) is 11.6 Å². The SMILES string of the molecule is c1ccc2c(c1)CC(CNC13CC4CC(CC(C4)C1)C3)O2. The van der Waals surface area contributed by atoms with Gasteiger partial charge in [-0.2, -0.15) is 0 Å². The molecular weight excluding hydrogens is 258 g/mol. The Hall–Kier alpha value is -1.02. The molecule has 2 heteroatoms. The molecule has 1 aliphatic heterocycles. The maximum atomic E-state index is 6.11. The molecule has 1 aromatic rings. The minimum atomic E-state index is 0.343. The van der Waals surface area contributed by atoms with Crippen molar-refractivity contribution in [2.45, 2.75) is 56.6 Å². The van der Waals surface area contributed by atoms with Gasteiger partial charge >= 0.3 is 0 Å². The maximum absolute atomic E-state index is 6.11. The molecule has 4 aliphatic carbocycles. The second kappa shape index (κ2) is 4.49. The Kier molecular flexibility index (Phi) is 2.67. The normalized spacial score (nSPS) is 42.9. The molecule has 0 aromatic heterocycles. The lowest BCUT2D eigenvalue weighted by molar-refractivity contribution is -0.0230. The van der Waals surface area contributed by atoms with Crippen LogP contribution in [0.25, 0.3) is 0 Å². The molecule has 112 valence electrons. The molecule has 0 saturated heterocycles. The number of fused-ring (bicyclic) bond motifs is 1. The molecular formula is C19H25NO. The monoisotopic (exact) mass is 283 g/mol. The van der Waals surface area contributed by atoms with Crippen LogP contribution in [0.5, 0.6) is 5.75 Å². The van der Waals surface area contributed by atoms with E-state index in [9.17, 15) is 0 Å². The molecule has 4 fully saturated rings. The summed E-state index contributed by atoms with van der Waals surface area (Å²) in [6.45, 7) is 1.03. The summed E-state index contributed by atoms with van der Waals surface area (Å²) in [6, 6.07) is 8.52. The minimum absolute atomic E-state index is 0.343. The summed E-state index contributed by atoms with van der Waals surface area (Å²) in [7, 11) is 0. The van der Waals surface area contributed by atoms with Crippen LogP contribution in [0.15, 0.2) is 24.3 Å². The number of para-hydroxylation sites is 1. The third-order valence-corrected chi connectivity index (χ3v) is 6.46. The summed E-state index contributed by atoms with van der Waals surface area (Å²) in [5.41, 5.74) is 1.85. The fourth-order valence-corrected chi connectivity index (χ4v) is 6.03. The molecule has 4 bridgehead atoms. The Morgan fingerprint density at radius 2 is 1.67 bits per heavy atom. The molecule has 4 saturated carbocycles. The molecule has 1 aromatic carbocycles. The zero-order valence-electron chi connectivity index (χ0n) is 12.7. The van der Waals surface area contributed by atoms with Crippen molar-refractivity contribution in [2.24, 2.45) is 17.8 Å². The molecule has 6 rings (SSSR count). The van der Waals surface area contributed by atoms with Gasteiger partial charge in [0, 0.05) is 18.5 Å². The number of ether oxygens (including phenoxy) is 1. The second-order valence-corrected chi connectivity index (χ2v) is 8.13. The van der Waals surface area contributed by atoms with Crippen LogP contribution >= 0.6 is 0 Å². The van der Waals surface area contributed by atoms with Crippen LogP contribution in [0.4, 0.5) is 0 Å². The topological polar surface area (TPSA) is 21.3 Å². The first-order valence-electron chi connectivity index (χ1n) is 8.78. The second-order valence-electron chi connectivity index (χ2n) is 8.13. The summed E-state index contributed by atoms with van der Waals surface area (Å²) < 4.78 is 6.11. The third-order valence-electron chi connectivity index (χ3n) is 6.46. The summed E-state index contributed by atoms with van der Waals surface area (Å²) in [5, 5.41) is 3.98. The van der Waals surface area contributed by atoms with Crippen molar-refractivity contribution < 1.29 is 4.74 Å². The lowest BCUT2D eigenvalue weighted by atomic mass is 9.53. The average Bonchev–Trinajstić information content (AvgIpc) is 2.87. The van der Waals surface area contributed by atoms with Gasteiger partial charge in [-0.25, -0.2) is 0 Å². The highest BCUT2D eigenvalue weighted by molar-refractivity contribution is 5.37. The summed E-state index contributed by atoms with van der Waals surface area (Å²) in [4.78, 5) is 0. The Morgan fingerprint density at radius 1 is 1.00 bits per heavy atom.